The zero-order chi connectivity index (χ0) is 12.8. The summed E-state index contributed by atoms with van der Waals surface area (Å²) < 4.78 is 0. The molecule has 4 nitrogen and oxygen atoms in total. The van der Waals surface area contributed by atoms with E-state index < -0.39 is 0 Å². The van der Waals surface area contributed by atoms with Gasteiger partial charge in [-0.15, -0.1) is 12.4 Å². The lowest BCUT2D eigenvalue weighted by molar-refractivity contribution is 0.240. The predicted molar refractivity (Wildman–Crippen MR) is 77.4 cm³/mol. The topological polar surface area (TPSA) is 54.0 Å². The second-order valence-electron chi connectivity index (χ2n) is 3.85. The Morgan fingerprint density at radius 3 is 2.21 bits per heavy atom. The van der Waals surface area contributed by atoms with Crippen LogP contribution in [-0.4, -0.2) is 18.1 Å². The van der Waals surface area contributed by atoms with Crippen LogP contribution in [0.3, 0.4) is 0 Å². The summed E-state index contributed by atoms with van der Waals surface area (Å²) in [6, 6.07) is 13.2. The highest BCUT2D eigenvalue weighted by Crippen LogP contribution is 2.20. The van der Waals surface area contributed by atoms with Gasteiger partial charge in [0, 0.05) is 19.4 Å². The number of nitrogens with zero attached hydrogens (tertiary/aromatic N) is 1. The second kappa shape index (κ2) is 7.38. The van der Waals surface area contributed by atoms with Crippen molar-refractivity contribution in [1.29, 1.82) is 0 Å². The van der Waals surface area contributed by atoms with Gasteiger partial charge in [0.25, 0.3) is 0 Å². The van der Waals surface area contributed by atoms with E-state index in [1.165, 1.54) is 0 Å². The second-order valence-corrected chi connectivity index (χ2v) is 3.85. The molecular formula is C14H16ClN3O. The molecule has 0 aliphatic rings. The number of halogens is 1. The predicted octanol–water partition coefficient (Wildman–Crippen LogP) is 2.52. The molecule has 2 amide bonds. The van der Waals surface area contributed by atoms with Crippen LogP contribution in [-0.2, 0) is 0 Å². The maximum Gasteiger partial charge on any atom is 0.315 e. The first-order valence-corrected chi connectivity index (χ1v) is 5.74. The molecule has 1 aromatic heterocycles. The summed E-state index contributed by atoms with van der Waals surface area (Å²) in [6.45, 7) is 0. The molecule has 0 fully saturated rings. The fourth-order valence-electron chi connectivity index (χ4n) is 1.76. The SMILES string of the molecule is CNC(=O)NC(c1ccccc1)c1ccncc1.Cl. The summed E-state index contributed by atoms with van der Waals surface area (Å²) in [5.41, 5.74) is 2.03. The monoisotopic (exact) mass is 277 g/mol. The van der Waals surface area contributed by atoms with Crippen molar-refractivity contribution in [3.8, 4) is 0 Å². The van der Waals surface area contributed by atoms with E-state index in [1.54, 1.807) is 19.4 Å². The number of hydrogen-bond donors (Lipinski definition) is 2. The Balaban J connectivity index is 0.00000180. The molecule has 19 heavy (non-hydrogen) atoms. The van der Waals surface area contributed by atoms with Gasteiger partial charge in [0.15, 0.2) is 0 Å². The van der Waals surface area contributed by atoms with Crippen LogP contribution < -0.4 is 10.6 Å². The van der Waals surface area contributed by atoms with E-state index in [0.29, 0.717) is 0 Å². The minimum atomic E-state index is -0.208. The lowest BCUT2D eigenvalue weighted by atomic mass is 10.00. The van der Waals surface area contributed by atoms with Gasteiger partial charge in [0.1, 0.15) is 0 Å². The Labute approximate surface area is 118 Å². The van der Waals surface area contributed by atoms with Crippen molar-refractivity contribution < 1.29 is 4.79 Å². The molecule has 0 aliphatic carbocycles. The van der Waals surface area contributed by atoms with Crippen molar-refractivity contribution in [3.63, 3.8) is 0 Å². The number of amides is 2. The number of hydrogen-bond acceptors (Lipinski definition) is 2. The zero-order valence-electron chi connectivity index (χ0n) is 10.5. The third kappa shape index (κ3) is 3.96. The van der Waals surface area contributed by atoms with Gasteiger partial charge >= 0.3 is 6.03 Å². The number of pyridine rings is 1. The fourth-order valence-corrected chi connectivity index (χ4v) is 1.76. The number of carbonyl (C=O) groups is 1. The maximum absolute atomic E-state index is 11.5. The highest BCUT2D eigenvalue weighted by molar-refractivity contribution is 5.85. The molecule has 1 atom stereocenters. The highest BCUT2D eigenvalue weighted by Gasteiger charge is 2.15. The van der Waals surface area contributed by atoms with Gasteiger partial charge in [-0.25, -0.2) is 4.79 Å². The number of carbonyl (C=O) groups excluding carboxylic acids is 1. The van der Waals surface area contributed by atoms with Crippen molar-refractivity contribution in [1.82, 2.24) is 15.6 Å². The summed E-state index contributed by atoms with van der Waals surface area (Å²) in [4.78, 5) is 15.5. The number of benzene rings is 1. The number of aromatic nitrogens is 1. The van der Waals surface area contributed by atoms with Crippen LogP contribution in [0.1, 0.15) is 17.2 Å². The Hall–Kier alpha value is -2.07. The smallest absolute Gasteiger partial charge is 0.315 e. The molecule has 2 N–H and O–H groups in total. The van der Waals surface area contributed by atoms with Crippen LogP contribution in [0.25, 0.3) is 0 Å². The molecule has 2 aromatic rings. The molecule has 0 aliphatic heterocycles. The zero-order valence-corrected chi connectivity index (χ0v) is 11.4. The maximum atomic E-state index is 11.5. The average Bonchev–Trinajstić information content (AvgIpc) is 2.46. The van der Waals surface area contributed by atoms with Crippen LogP contribution >= 0.6 is 12.4 Å². The molecule has 0 spiro atoms. The number of urea groups is 1. The van der Waals surface area contributed by atoms with Crippen LogP contribution in [0.15, 0.2) is 54.9 Å². The Kier molecular flexibility index (Phi) is 5.82. The molecule has 0 saturated carbocycles. The standard InChI is InChI=1S/C14H15N3O.ClH/c1-15-14(18)17-13(11-5-3-2-4-6-11)12-7-9-16-10-8-12;/h2-10,13H,1H3,(H2,15,17,18);1H. The van der Waals surface area contributed by atoms with Gasteiger partial charge in [-0.05, 0) is 23.3 Å². The molecule has 1 heterocycles. The molecule has 0 saturated heterocycles. The Morgan fingerprint density at radius 2 is 1.63 bits per heavy atom. The quantitative estimate of drug-likeness (QED) is 0.906. The van der Waals surface area contributed by atoms with Crippen LogP contribution in [0.4, 0.5) is 4.79 Å². The molecular weight excluding hydrogens is 262 g/mol. The van der Waals surface area contributed by atoms with Crippen molar-refractivity contribution >= 4 is 18.4 Å². The minimum Gasteiger partial charge on any atom is -0.341 e. The van der Waals surface area contributed by atoms with Crippen molar-refractivity contribution in [2.75, 3.05) is 7.05 Å². The third-order valence-electron chi connectivity index (χ3n) is 2.67. The van der Waals surface area contributed by atoms with E-state index in [2.05, 4.69) is 15.6 Å². The first kappa shape index (κ1) is 15.0. The van der Waals surface area contributed by atoms with Crippen molar-refractivity contribution in [3.05, 3.63) is 66.0 Å². The van der Waals surface area contributed by atoms with Crippen molar-refractivity contribution in [2.45, 2.75) is 6.04 Å². The van der Waals surface area contributed by atoms with Gasteiger partial charge in [-0.2, -0.15) is 0 Å². The van der Waals surface area contributed by atoms with Crippen LogP contribution in [0, 0.1) is 0 Å². The van der Waals surface area contributed by atoms with Gasteiger partial charge < -0.3 is 10.6 Å². The van der Waals surface area contributed by atoms with Gasteiger partial charge in [-0.3, -0.25) is 4.98 Å². The molecule has 5 heteroatoms. The van der Waals surface area contributed by atoms with E-state index in [9.17, 15) is 4.79 Å². The highest BCUT2D eigenvalue weighted by atomic mass is 35.5. The Bertz CT molecular complexity index is 465. The summed E-state index contributed by atoms with van der Waals surface area (Å²) in [5, 5.41) is 5.49. The number of rotatable bonds is 3. The van der Waals surface area contributed by atoms with Crippen LogP contribution in [0.2, 0.25) is 0 Å². The molecule has 100 valence electrons. The molecule has 1 aromatic carbocycles. The Morgan fingerprint density at radius 1 is 1.05 bits per heavy atom. The van der Waals surface area contributed by atoms with Crippen molar-refractivity contribution in [2.24, 2.45) is 0 Å². The summed E-state index contributed by atoms with van der Waals surface area (Å²) >= 11 is 0. The normalized spacial score (nSPS) is 11.0. The van der Waals surface area contributed by atoms with E-state index in [-0.39, 0.29) is 24.5 Å². The molecule has 1 unspecified atom stereocenters. The molecule has 0 bridgehead atoms. The van der Waals surface area contributed by atoms with Gasteiger partial charge in [0.05, 0.1) is 6.04 Å². The van der Waals surface area contributed by atoms with E-state index in [0.717, 1.165) is 11.1 Å². The fraction of sp³-hybridized carbons (Fsp3) is 0.143. The minimum absolute atomic E-state index is 0. The third-order valence-corrected chi connectivity index (χ3v) is 2.67. The first-order chi connectivity index (χ1) is 8.81. The lowest BCUT2D eigenvalue weighted by Gasteiger charge is -2.19. The summed E-state index contributed by atoms with van der Waals surface area (Å²) in [6.07, 6.45) is 3.44. The van der Waals surface area contributed by atoms with Gasteiger partial charge in [0.2, 0.25) is 0 Å². The first-order valence-electron chi connectivity index (χ1n) is 5.74. The van der Waals surface area contributed by atoms with E-state index >= 15 is 0 Å². The summed E-state index contributed by atoms with van der Waals surface area (Å²) in [5.74, 6) is 0. The largest absolute Gasteiger partial charge is 0.341 e. The lowest BCUT2D eigenvalue weighted by Crippen LogP contribution is -2.36. The van der Waals surface area contributed by atoms with E-state index in [4.69, 9.17) is 0 Å². The summed E-state index contributed by atoms with van der Waals surface area (Å²) in [7, 11) is 1.60. The molecule has 2 rings (SSSR count). The number of nitrogens with one attached hydrogen (secondary N) is 2. The van der Waals surface area contributed by atoms with Crippen LogP contribution in [0.5, 0.6) is 0 Å². The average molecular weight is 278 g/mol. The van der Waals surface area contributed by atoms with E-state index in [1.807, 2.05) is 42.5 Å². The van der Waals surface area contributed by atoms with Gasteiger partial charge in [-0.1, -0.05) is 30.3 Å². The molecule has 0 radical (unpaired) electrons.